The average Bonchev–Trinajstić information content (AvgIpc) is 1.45. The summed E-state index contributed by atoms with van der Waals surface area (Å²) in [7, 11) is -2.87. The first-order valence-electron chi connectivity index (χ1n) is 30.9. The molecule has 0 N–H and O–H groups in total. The van der Waals surface area contributed by atoms with E-state index in [4.69, 9.17) is 9.72 Å². The maximum Gasteiger partial charge on any atom is 0.185 e. The Labute approximate surface area is 513 Å². The van der Waals surface area contributed by atoms with E-state index in [1.54, 1.807) is 0 Å². The molecule has 6 heteroatoms. The molecule has 3 aliphatic rings. The summed E-state index contributed by atoms with van der Waals surface area (Å²) in [5, 5.41) is 5.51. The van der Waals surface area contributed by atoms with Gasteiger partial charge in [0.05, 0.1) is 22.7 Å². The van der Waals surface area contributed by atoms with Gasteiger partial charge in [-0.3, -0.25) is 4.90 Å². The van der Waals surface area contributed by atoms with Gasteiger partial charge in [-0.15, -0.1) is 0 Å². The Bertz CT molecular complexity index is 4260. The molecule has 5 nitrogen and oxygen atoms in total. The maximum atomic E-state index is 7.35. The first-order chi connectivity index (χ1) is 40.8. The minimum atomic E-state index is -2.87. The van der Waals surface area contributed by atoms with Crippen molar-refractivity contribution in [1.82, 2.24) is 4.98 Å². The van der Waals surface area contributed by atoms with Crippen LogP contribution in [-0.2, 0) is 27.1 Å². The molecule has 0 radical (unpaired) electrons. The lowest BCUT2D eigenvalue weighted by molar-refractivity contribution is 0.483. The molecule has 0 spiro atoms. The van der Waals surface area contributed by atoms with Gasteiger partial charge in [-0.05, 0) is 159 Å². The highest BCUT2D eigenvalue weighted by Gasteiger charge is 2.55. The molecule has 1 aromatic heterocycles. The standard InChI is InChI=1S/C80H82N4OSi/c1-76(2,3)54-28-25-27-52(41-54)64-45-58(80(13,14)15)46-65(53-42-56(78(7,8)9)44-57(43-53)79(10,11)12)74(64)83-51-82(67-34-20-21-35-68(67)83)59-29-26-30-60(48-59)85-61-49-66-63-33-19-23-37-71(63)86(62-31-17-16-18-32-62)72-38-24-22-36-69(72)84(70(50-61)75(66)86)73-47-55(39-40-81-73)77(4,5)6/h16-50H,51H2,1-15H3. The number of ether oxygens (including phenoxy) is 1. The third kappa shape index (κ3) is 9.65. The molecule has 0 amide bonds. The summed E-state index contributed by atoms with van der Waals surface area (Å²) >= 11 is 0. The monoisotopic (exact) mass is 1140 g/mol. The molecule has 3 aliphatic heterocycles. The van der Waals surface area contributed by atoms with E-state index in [0.29, 0.717) is 6.67 Å². The normalized spacial score (nSPS) is 15.5. The van der Waals surface area contributed by atoms with Gasteiger partial charge in [0.25, 0.3) is 0 Å². The zero-order valence-corrected chi connectivity index (χ0v) is 54.1. The van der Waals surface area contributed by atoms with Crippen molar-refractivity contribution >= 4 is 68.8 Å². The van der Waals surface area contributed by atoms with E-state index in [1.165, 1.54) is 87.6 Å². The van der Waals surface area contributed by atoms with Gasteiger partial charge < -0.3 is 14.5 Å². The molecule has 4 heterocycles. The molecule has 0 saturated heterocycles. The largest absolute Gasteiger partial charge is 0.457 e. The van der Waals surface area contributed by atoms with Gasteiger partial charge >= 0.3 is 0 Å². The van der Waals surface area contributed by atoms with Crippen molar-refractivity contribution < 1.29 is 4.74 Å². The van der Waals surface area contributed by atoms with E-state index < -0.39 is 8.07 Å². The van der Waals surface area contributed by atoms with Crippen LogP contribution >= 0.6 is 0 Å². The molecule has 13 rings (SSSR count). The van der Waals surface area contributed by atoms with Crippen molar-refractivity contribution in [2.45, 2.75) is 131 Å². The molecule has 0 bridgehead atoms. The van der Waals surface area contributed by atoms with Gasteiger partial charge in [0, 0.05) is 40.8 Å². The van der Waals surface area contributed by atoms with Crippen LogP contribution in [0.25, 0.3) is 33.4 Å². The Hall–Kier alpha value is -8.45. The fourth-order valence-corrected chi connectivity index (χ4v) is 19.0. The Morgan fingerprint density at radius 1 is 0.372 bits per heavy atom. The second-order valence-corrected chi connectivity index (χ2v) is 33.1. The molecule has 1 atom stereocenters. The SMILES string of the molecule is CC(C)(C)c1cccc(-c2cc(C(C)(C)C)cc(-c3cc(C(C)(C)C)cc(C(C)(C)C)c3)c2N2CN(c3cccc(Oc4cc5c6c(c4)N(c4cc(C(C)(C)C)ccn4)c4ccccc4[Si]6(c4ccccc4)c4ccccc4-5)c3)c3ccccc32)c1. The predicted molar refractivity (Wildman–Crippen MR) is 368 cm³/mol. The number of pyridine rings is 1. The number of hydrogen-bond donors (Lipinski definition) is 0. The highest BCUT2D eigenvalue weighted by molar-refractivity contribution is 7.23. The Balaban J connectivity index is 0.976. The number of aromatic nitrogens is 1. The number of anilines is 7. The van der Waals surface area contributed by atoms with Crippen LogP contribution in [0.15, 0.2) is 212 Å². The summed E-state index contributed by atoms with van der Waals surface area (Å²) in [6.45, 7) is 35.5. The Morgan fingerprint density at radius 2 is 0.919 bits per heavy atom. The van der Waals surface area contributed by atoms with Crippen LogP contribution in [0, 0.1) is 0 Å². The first-order valence-corrected chi connectivity index (χ1v) is 32.9. The summed E-state index contributed by atoms with van der Waals surface area (Å²) in [6, 6.07) is 78.0. The van der Waals surface area contributed by atoms with Crippen LogP contribution < -0.4 is 40.2 Å². The molecule has 86 heavy (non-hydrogen) atoms. The second-order valence-electron chi connectivity index (χ2n) is 29.4. The predicted octanol–water partition coefficient (Wildman–Crippen LogP) is 19.1. The topological polar surface area (TPSA) is 31.8 Å². The summed E-state index contributed by atoms with van der Waals surface area (Å²) in [6.07, 6.45) is 1.98. The lowest BCUT2D eigenvalue weighted by Crippen LogP contribution is -2.75. The van der Waals surface area contributed by atoms with Crippen molar-refractivity contribution in [1.29, 1.82) is 0 Å². The van der Waals surface area contributed by atoms with Crippen LogP contribution in [0.5, 0.6) is 11.5 Å². The van der Waals surface area contributed by atoms with Crippen molar-refractivity contribution in [3.63, 3.8) is 0 Å². The number of benzene rings is 9. The first kappa shape index (κ1) is 56.7. The number of hydrogen-bond acceptors (Lipinski definition) is 5. The number of nitrogens with zero attached hydrogens (tertiary/aromatic N) is 4. The molecular formula is C80H82N4OSi. The number of fused-ring (bicyclic) bond motifs is 6. The summed E-state index contributed by atoms with van der Waals surface area (Å²) in [4.78, 5) is 12.7. The Morgan fingerprint density at radius 3 is 1.58 bits per heavy atom. The second kappa shape index (κ2) is 20.3. The van der Waals surface area contributed by atoms with Gasteiger partial charge in [0.1, 0.15) is 24.0 Å². The molecule has 10 aromatic rings. The summed E-state index contributed by atoms with van der Waals surface area (Å²) in [5.41, 5.74) is 20.4. The van der Waals surface area contributed by atoms with Crippen molar-refractivity contribution in [3.8, 4) is 44.9 Å². The lowest BCUT2D eigenvalue weighted by atomic mass is 9.77. The molecule has 1 unspecified atom stereocenters. The van der Waals surface area contributed by atoms with Crippen molar-refractivity contribution in [2.24, 2.45) is 0 Å². The fourth-order valence-electron chi connectivity index (χ4n) is 13.5. The van der Waals surface area contributed by atoms with Gasteiger partial charge in [-0.2, -0.15) is 0 Å². The smallest absolute Gasteiger partial charge is 0.185 e. The van der Waals surface area contributed by atoms with E-state index in [1.807, 2.05) is 6.20 Å². The average molecular weight is 1140 g/mol. The third-order valence-corrected chi connectivity index (χ3v) is 23.2. The number of rotatable bonds is 8. The molecule has 0 fully saturated rings. The minimum Gasteiger partial charge on any atom is -0.457 e. The highest BCUT2D eigenvalue weighted by atomic mass is 28.3. The van der Waals surface area contributed by atoms with Crippen LogP contribution in [0.2, 0.25) is 0 Å². The highest BCUT2D eigenvalue weighted by Crippen LogP contribution is 2.53. The van der Waals surface area contributed by atoms with E-state index >= 15 is 0 Å². The maximum absolute atomic E-state index is 7.35. The minimum absolute atomic E-state index is 0.0384. The van der Waals surface area contributed by atoms with E-state index in [0.717, 1.165) is 45.8 Å². The molecule has 432 valence electrons. The van der Waals surface area contributed by atoms with Crippen molar-refractivity contribution in [2.75, 3.05) is 21.4 Å². The zero-order chi connectivity index (χ0) is 60.5. The molecule has 0 aliphatic carbocycles. The van der Waals surface area contributed by atoms with Gasteiger partial charge in [0.15, 0.2) is 8.07 Å². The third-order valence-electron chi connectivity index (χ3n) is 18.3. The van der Waals surface area contributed by atoms with E-state index in [9.17, 15) is 0 Å². The van der Waals surface area contributed by atoms with Crippen LogP contribution in [0.4, 0.5) is 39.9 Å². The fraction of sp³-hybridized carbons (Fsp3) is 0.263. The lowest BCUT2D eigenvalue weighted by Gasteiger charge is -2.43. The van der Waals surface area contributed by atoms with Gasteiger partial charge in [-0.25, -0.2) is 4.98 Å². The van der Waals surface area contributed by atoms with Crippen molar-refractivity contribution in [3.05, 3.63) is 240 Å². The van der Waals surface area contributed by atoms with Crippen LogP contribution in [-0.4, -0.2) is 19.7 Å². The Kier molecular flexibility index (Phi) is 13.4. The number of para-hydroxylation sites is 3. The molecular weight excluding hydrogens is 1060 g/mol. The van der Waals surface area contributed by atoms with Gasteiger partial charge in [0.2, 0.25) is 0 Å². The summed E-state index contributed by atoms with van der Waals surface area (Å²) in [5.74, 6) is 2.44. The quantitative estimate of drug-likeness (QED) is 0.142. The van der Waals surface area contributed by atoms with E-state index in [-0.39, 0.29) is 27.1 Å². The van der Waals surface area contributed by atoms with Gasteiger partial charge in [-0.1, -0.05) is 237 Å². The zero-order valence-electron chi connectivity index (χ0n) is 53.1. The summed E-state index contributed by atoms with van der Waals surface area (Å²) < 4.78 is 7.35. The molecule has 9 aromatic carbocycles. The molecule has 0 saturated carbocycles. The van der Waals surface area contributed by atoms with E-state index in [2.05, 4.69) is 325 Å². The van der Waals surface area contributed by atoms with Crippen LogP contribution in [0.1, 0.15) is 132 Å². The van der Waals surface area contributed by atoms with Crippen LogP contribution in [0.3, 0.4) is 0 Å².